The summed E-state index contributed by atoms with van der Waals surface area (Å²) in [6.07, 6.45) is 1.92. The average molecular weight is 619 g/mol. The lowest BCUT2D eigenvalue weighted by atomic mass is 10.0. The fourth-order valence-corrected chi connectivity index (χ4v) is 4.86. The quantitative estimate of drug-likeness (QED) is 0.209. The first-order valence-corrected chi connectivity index (χ1v) is 14.5. The second kappa shape index (κ2) is 14.7. The van der Waals surface area contributed by atoms with Crippen molar-refractivity contribution in [3.63, 3.8) is 0 Å². The molecule has 11 heteroatoms. The number of aromatic nitrogens is 3. The van der Waals surface area contributed by atoms with Gasteiger partial charge in [0.25, 0.3) is 5.91 Å². The van der Waals surface area contributed by atoms with Gasteiger partial charge >= 0.3 is 0 Å². The summed E-state index contributed by atoms with van der Waals surface area (Å²) in [6, 6.07) is 29.8. The number of nitrogens with one attached hydrogen (secondary N) is 2. The van der Waals surface area contributed by atoms with E-state index in [2.05, 4.69) is 20.9 Å². The van der Waals surface area contributed by atoms with Gasteiger partial charge in [-0.05, 0) is 60.2 Å². The zero-order chi connectivity index (χ0) is 32.5. The number of carbonyl (C=O) groups excluding carboxylic acids is 3. The van der Waals surface area contributed by atoms with Crippen molar-refractivity contribution in [2.75, 3.05) is 31.5 Å². The minimum atomic E-state index is -0.834. The highest BCUT2D eigenvalue weighted by Gasteiger charge is 2.26. The molecule has 0 saturated heterocycles. The number of rotatable bonds is 12. The number of nitrogens with zero attached hydrogens (tertiary/aromatic N) is 4. The predicted molar refractivity (Wildman–Crippen MR) is 175 cm³/mol. The summed E-state index contributed by atoms with van der Waals surface area (Å²) in [5.74, 6) is 0.347. The standard InChI is InChI=1S/C35H34N6O5/c1-40(26-15-19-28(46-3)20-16-26)35(44)31(21-24-9-5-4-6-10-24)36-33(42)23-41-22-32(38-39-41)29-11-7-8-12-30(29)37-34(43)25-13-17-27(45-2)18-14-25/h4-20,22,31H,21,23H2,1-3H3,(H,36,42)(H,37,43). The Hall–Kier alpha value is -5.97. The third-order valence-electron chi connectivity index (χ3n) is 7.35. The molecule has 5 rings (SSSR count). The van der Waals surface area contributed by atoms with Gasteiger partial charge in [-0.25, -0.2) is 4.68 Å². The van der Waals surface area contributed by atoms with E-state index in [1.165, 1.54) is 9.58 Å². The van der Waals surface area contributed by atoms with Crippen LogP contribution in [0, 0.1) is 0 Å². The topological polar surface area (TPSA) is 128 Å². The lowest BCUT2D eigenvalue weighted by Gasteiger charge is -2.25. The SMILES string of the molecule is COc1ccc(C(=O)Nc2ccccc2-c2cn(CC(=O)NC(Cc3ccccc3)C(=O)N(C)c3ccc(OC)cc3)nn2)cc1. The zero-order valence-corrected chi connectivity index (χ0v) is 25.7. The molecule has 0 aliphatic carbocycles. The Kier molecular flexibility index (Phi) is 10.0. The number of ether oxygens (including phenoxy) is 2. The van der Waals surface area contributed by atoms with Gasteiger partial charge < -0.3 is 25.0 Å². The predicted octanol–water partition coefficient (Wildman–Crippen LogP) is 4.61. The lowest BCUT2D eigenvalue weighted by molar-refractivity contribution is -0.127. The van der Waals surface area contributed by atoms with Crippen LogP contribution in [-0.2, 0) is 22.6 Å². The van der Waals surface area contributed by atoms with Crippen molar-refractivity contribution < 1.29 is 23.9 Å². The number of amides is 3. The Morgan fingerprint density at radius 1 is 0.826 bits per heavy atom. The van der Waals surface area contributed by atoms with Crippen LogP contribution in [0.4, 0.5) is 11.4 Å². The van der Waals surface area contributed by atoms with Crippen LogP contribution in [0.2, 0.25) is 0 Å². The first-order chi connectivity index (χ1) is 22.3. The van der Waals surface area contributed by atoms with Crippen LogP contribution in [0.25, 0.3) is 11.3 Å². The van der Waals surface area contributed by atoms with Crippen LogP contribution in [0.15, 0.2) is 109 Å². The highest BCUT2D eigenvalue weighted by atomic mass is 16.5. The first-order valence-electron chi connectivity index (χ1n) is 14.5. The van der Waals surface area contributed by atoms with Crippen molar-refractivity contribution in [1.82, 2.24) is 20.3 Å². The monoisotopic (exact) mass is 618 g/mol. The molecule has 46 heavy (non-hydrogen) atoms. The van der Waals surface area contributed by atoms with Crippen LogP contribution >= 0.6 is 0 Å². The number of methoxy groups -OCH3 is 2. The van der Waals surface area contributed by atoms with Crippen LogP contribution in [0.1, 0.15) is 15.9 Å². The van der Waals surface area contributed by atoms with Gasteiger partial charge in [0.15, 0.2) is 0 Å². The molecule has 3 amide bonds. The van der Waals surface area contributed by atoms with Crippen molar-refractivity contribution in [2.45, 2.75) is 19.0 Å². The van der Waals surface area contributed by atoms with Crippen molar-refractivity contribution in [3.8, 4) is 22.8 Å². The van der Waals surface area contributed by atoms with Gasteiger partial charge in [0.05, 0.1) is 26.1 Å². The fraction of sp³-hybridized carbons (Fsp3) is 0.171. The maximum Gasteiger partial charge on any atom is 0.255 e. The van der Waals surface area contributed by atoms with E-state index in [1.807, 2.05) is 42.5 Å². The van der Waals surface area contributed by atoms with Gasteiger partial charge in [-0.1, -0.05) is 53.7 Å². The molecule has 4 aromatic carbocycles. The maximum atomic E-state index is 13.6. The van der Waals surface area contributed by atoms with E-state index in [4.69, 9.17) is 9.47 Å². The summed E-state index contributed by atoms with van der Waals surface area (Å²) in [5, 5.41) is 14.2. The molecule has 1 heterocycles. The average Bonchev–Trinajstić information content (AvgIpc) is 3.56. The number of hydrogen-bond acceptors (Lipinski definition) is 7. The fourth-order valence-electron chi connectivity index (χ4n) is 4.86. The molecule has 1 unspecified atom stereocenters. The van der Waals surface area contributed by atoms with E-state index in [0.717, 1.165) is 5.56 Å². The van der Waals surface area contributed by atoms with Gasteiger partial charge in [0.1, 0.15) is 29.8 Å². The molecule has 0 saturated carbocycles. The van der Waals surface area contributed by atoms with Gasteiger partial charge in [-0.2, -0.15) is 0 Å². The summed E-state index contributed by atoms with van der Waals surface area (Å²) in [4.78, 5) is 41.3. The normalized spacial score (nSPS) is 11.3. The Morgan fingerprint density at radius 3 is 2.13 bits per heavy atom. The van der Waals surface area contributed by atoms with Gasteiger partial charge in [0, 0.05) is 30.3 Å². The Labute approximate surface area is 266 Å². The first kappa shape index (κ1) is 31.5. The summed E-state index contributed by atoms with van der Waals surface area (Å²) < 4.78 is 11.8. The number of anilines is 2. The molecule has 0 fully saturated rings. The molecule has 1 aromatic heterocycles. The highest BCUT2D eigenvalue weighted by molar-refractivity contribution is 6.06. The number of para-hydroxylation sites is 1. The molecule has 5 aromatic rings. The molecule has 2 N–H and O–H groups in total. The van der Waals surface area contributed by atoms with Gasteiger partial charge in [-0.15, -0.1) is 5.10 Å². The third kappa shape index (κ3) is 7.75. The van der Waals surface area contributed by atoms with E-state index in [1.54, 1.807) is 88.1 Å². The molecule has 234 valence electrons. The smallest absolute Gasteiger partial charge is 0.255 e. The van der Waals surface area contributed by atoms with Crippen LogP contribution in [0.5, 0.6) is 11.5 Å². The van der Waals surface area contributed by atoms with Crippen LogP contribution in [0.3, 0.4) is 0 Å². The molecule has 0 aliphatic rings. The summed E-state index contributed by atoms with van der Waals surface area (Å²) >= 11 is 0. The molecule has 0 aliphatic heterocycles. The Morgan fingerprint density at radius 2 is 1.46 bits per heavy atom. The van der Waals surface area contributed by atoms with E-state index >= 15 is 0 Å². The van der Waals surface area contributed by atoms with E-state index < -0.39 is 11.9 Å². The zero-order valence-electron chi connectivity index (χ0n) is 25.7. The van der Waals surface area contributed by atoms with Crippen molar-refractivity contribution in [2.24, 2.45) is 0 Å². The number of carbonyl (C=O) groups is 3. The second-order valence-electron chi connectivity index (χ2n) is 10.4. The second-order valence-corrected chi connectivity index (χ2v) is 10.4. The van der Waals surface area contributed by atoms with Crippen molar-refractivity contribution >= 4 is 29.1 Å². The number of hydrogen-bond donors (Lipinski definition) is 2. The van der Waals surface area contributed by atoms with Crippen LogP contribution in [-0.4, -0.2) is 60.0 Å². The summed E-state index contributed by atoms with van der Waals surface area (Å²) in [5.41, 5.74) is 3.67. The minimum absolute atomic E-state index is 0.168. The molecule has 11 nitrogen and oxygen atoms in total. The van der Waals surface area contributed by atoms with Crippen LogP contribution < -0.4 is 25.0 Å². The molecule has 0 spiro atoms. The summed E-state index contributed by atoms with van der Waals surface area (Å²) in [6.45, 7) is -0.168. The number of likely N-dealkylation sites (N-methyl/N-ethyl adjacent to an activating group) is 1. The van der Waals surface area contributed by atoms with Crippen molar-refractivity contribution in [3.05, 3.63) is 120 Å². The van der Waals surface area contributed by atoms with Gasteiger partial charge in [0.2, 0.25) is 11.8 Å². The van der Waals surface area contributed by atoms with E-state index in [0.29, 0.717) is 46.1 Å². The molecular formula is C35H34N6O5. The maximum absolute atomic E-state index is 13.6. The minimum Gasteiger partial charge on any atom is -0.497 e. The number of benzene rings is 4. The summed E-state index contributed by atoms with van der Waals surface area (Å²) in [7, 11) is 4.81. The van der Waals surface area contributed by atoms with Crippen molar-refractivity contribution in [1.29, 1.82) is 0 Å². The molecule has 1 atom stereocenters. The molecule has 0 radical (unpaired) electrons. The molecule has 0 bridgehead atoms. The largest absolute Gasteiger partial charge is 0.497 e. The Balaban J connectivity index is 1.29. The lowest BCUT2D eigenvalue weighted by Crippen LogP contribution is -2.49. The van der Waals surface area contributed by atoms with E-state index in [9.17, 15) is 14.4 Å². The van der Waals surface area contributed by atoms with Gasteiger partial charge in [-0.3, -0.25) is 14.4 Å². The molecular weight excluding hydrogens is 584 g/mol. The third-order valence-corrected chi connectivity index (χ3v) is 7.35. The highest BCUT2D eigenvalue weighted by Crippen LogP contribution is 2.27. The van der Waals surface area contributed by atoms with E-state index in [-0.39, 0.29) is 18.4 Å². The Bertz CT molecular complexity index is 1790.